The topological polar surface area (TPSA) is 34.4 Å². The van der Waals surface area contributed by atoms with Crippen molar-refractivity contribution in [2.45, 2.75) is 33.4 Å². The van der Waals surface area contributed by atoms with Crippen LogP contribution in [0.2, 0.25) is 0 Å². The van der Waals surface area contributed by atoms with Gasteiger partial charge in [0.1, 0.15) is 18.1 Å². The van der Waals surface area contributed by atoms with Crippen LogP contribution < -0.4 is 10.1 Å². The first kappa shape index (κ1) is 15.5. The van der Waals surface area contributed by atoms with Crippen LogP contribution in [0.3, 0.4) is 0 Å². The third-order valence-corrected chi connectivity index (χ3v) is 3.07. The van der Waals surface area contributed by atoms with Gasteiger partial charge in [-0.2, -0.15) is 4.39 Å². The van der Waals surface area contributed by atoms with Crippen molar-refractivity contribution in [3.8, 4) is 5.75 Å². The molecule has 0 radical (unpaired) electrons. The van der Waals surface area contributed by atoms with Crippen LogP contribution in [0.15, 0.2) is 28.7 Å². The molecule has 0 aliphatic carbocycles. The molecule has 1 heterocycles. The highest BCUT2D eigenvalue weighted by Crippen LogP contribution is 2.22. The van der Waals surface area contributed by atoms with Gasteiger partial charge in [0.05, 0.1) is 6.54 Å². The van der Waals surface area contributed by atoms with Gasteiger partial charge in [-0.05, 0) is 43.7 Å². The Labute approximate surface area is 122 Å². The Hall–Kier alpha value is -1.88. The van der Waals surface area contributed by atoms with Crippen molar-refractivity contribution in [3.63, 3.8) is 0 Å². The summed E-state index contributed by atoms with van der Waals surface area (Å²) in [6, 6.07) is 5.69. The minimum absolute atomic E-state index is 0.0645. The standard InChI is InChI=1S/C16H19F2NO2/c1-3-7-19-9-15-11(2)8-12(21-15)10-20-14-6-4-5-13(17)16(14)18/h4-6,8,19H,3,7,9-10H2,1-2H3. The lowest BCUT2D eigenvalue weighted by Gasteiger charge is -2.05. The zero-order valence-corrected chi connectivity index (χ0v) is 12.2. The summed E-state index contributed by atoms with van der Waals surface area (Å²) in [6.07, 6.45) is 1.05. The predicted octanol–water partition coefficient (Wildman–Crippen LogP) is 3.94. The largest absolute Gasteiger partial charge is 0.482 e. The average molecular weight is 295 g/mol. The number of furan rings is 1. The monoisotopic (exact) mass is 295 g/mol. The SMILES string of the molecule is CCCNCc1oc(COc2cccc(F)c2F)cc1C. The van der Waals surface area contributed by atoms with Gasteiger partial charge in [-0.25, -0.2) is 4.39 Å². The molecular weight excluding hydrogens is 276 g/mol. The molecule has 0 saturated heterocycles. The Kier molecular flexibility index (Phi) is 5.33. The summed E-state index contributed by atoms with van der Waals surface area (Å²) in [5.41, 5.74) is 1.01. The number of aryl methyl sites for hydroxylation is 1. The van der Waals surface area contributed by atoms with E-state index in [1.165, 1.54) is 12.1 Å². The Morgan fingerprint density at radius 2 is 2.10 bits per heavy atom. The molecule has 0 atom stereocenters. The molecule has 2 rings (SSSR count). The maximum absolute atomic E-state index is 13.5. The molecule has 1 N–H and O–H groups in total. The van der Waals surface area contributed by atoms with Crippen LogP contribution in [0.25, 0.3) is 0 Å². The first-order valence-corrected chi connectivity index (χ1v) is 6.97. The van der Waals surface area contributed by atoms with Gasteiger partial charge in [0.25, 0.3) is 0 Å². The number of halogens is 2. The molecule has 0 aliphatic rings. The lowest BCUT2D eigenvalue weighted by atomic mass is 10.2. The lowest BCUT2D eigenvalue weighted by Crippen LogP contribution is -2.13. The molecule has 1 aromatic heterocycles. The van der Waals surface area contributed by atoms with E-state index in [4.69, 9.17) is 9.15 Å². The van der Waals surface area contributed by atoms with Gasteiger partial charge < -0.3 is 14.5 Å². The molecule has 5 heteroatoms. The number of hydrogen-bond acceptors (Lipinski definition) is 3. The molecule has 0 bridgehead atoms. The smallest absolute Gasteiger partial charge is 0.200 e. The maximum atomic E-state index is 13.5. The fourth-order valence-electron chi connectivity index (χ4n) is 1.96. The van der Waals surface area contributed by atoms with Crippen LogP contribution in [0.1, 0.15) is 30.4 Å². The summed E-state index contributed by atoms with van der Waals surface area (Å²) in [5, 5.41) is 3.25. The lowest BCUT2D eigenvalue weighted by molar-refractivity contribution is 0.250. The van der Waals surface area contributed by atoms with Crippen molar-refractivity contribution < 1.29 is 17.9 Å². The van der Waals surface area contributed by atoms with Gasteiger partial charge in [0, 0.05) is 0 Å². The molecule has 114 valence electrons. The Morgan fingerprint density at radius 1 is 1.29 bits per heavy atom. The summed E-state index contributed by atoms with van der Waals surface area (Å²) < 4.78 is 37.4. The van der Waals surface area contributed by atoms with Crippen molar-refractivity contribution >= 4 is 0 Å². The van der Waals surface area contributed by atoms with Gasteiger partial charge in [0.15, 0.2) is 11.6 Å². The van der Waals surface area contributed by atoms with Crippen LogP contribution in [-0.2, 0) is 13.2 Å². The van der Waals surface area contributed by atoms with E-state index in [9.17, 15) is 8.78 Å². The van der Waals surface area contributed by atoms with E-state index >= 15 is 0 Å². The van der Waals surface area contributed by atoms with Crippen molar-refractivity contribution in [1.29, 1.82) is 0 Å². The first-order chi connectivity index (χ1) is 10.1. The Balaban J connectivity index is 1.97. The molecule has 21 heavy (non-hydrogen) atoms. The highest BCUT2D eigenvalue weighted by Gasteiger charge is 2.11. The summed E-state index contributed by atoms with van der Waals surface area (Å²) in [5.74, 6) is -0.598. The third-order valence-electron chi connectivity index (χ3n) is 3.07. The van der Waals surface area contributed by atoms with Crippen molar-refractivity contribution in [2.75, 3.05) is 6.54 Å². The molecule has 0 amide bonds. The molecule has 1 aromatic carbocycles. The van der Waals surface area contributed by atoms with E-state index in [-0.39, 0.29) is 12.4 Å². The first-order valence-electron chi connectivity index (χ1n) is 6.97. The fraction of sp³-hybridized carbons (Fsp3) is 0.375. The second-order valence-electron chi connectivity index (χ2n) is 4.84. The van der Waals surface area contributed by atoms with E-state index in [1.807, 2.05) is 13.0 Å². The number of ether oxygens (including phenoxy) is 1. The van der Waals surface area contributed by atoms with Gasteiger partial charge in [-0.1, -0.05) is 13.0 Å². The molecule has 0 fully saturated rings. The second kappa shape index (κ2) is 7.22. The van der Waals surface area contributed by atoms with Crippen LogP contribution >= 0.6 is 0 Å². The number of benzene rings is 1. The average Bonchev–Trinajstić information content (AvgIpc) is 2.81. The summed E-state index contributed by atoms with van der Waals surface area (Å²) in [7, 11) is 0. The molecule has 0 unspecified atom stereocenters. The zero-order valence-electron chi connectivity index (χ0n) is 12.2. The molecule has 0 saturated carbocycles. The van der Waals surface area contributed by atoms with Gasteiger partial charge in [-0.3, -0.25) is 0 Å². The van der Waals surface area contributed by atoms with Crippen LogP contribution in [0.5, 0.6) is 5.75 Å². The van der Waals surface area contributed by atoms with Crippen molar-refractivity contribution in [1.82, 2.24) is 5.32 Å². The minimum Gasteiger partial charge on any atom is -0.482 e. The van der Waals surface area contributed by atoms with Crippen LogP contribution in [0.4, 0.5) is 8.78 Å². The van der Waals surface area contributed by atoms with E-state index in [2.05, 4.69) is 12.2 Å². The van der Waals surface area contributed by atoms with Crippen molar-refractivity contribution in [3.05, 3.63) is 53.0 Å². The quantitative estimate of drug-likeness (QED) is 0.786. The summed E-state index contributed by atoms with van der Waals surface area (Å²) >= 11 is 0. The van der Waals surface area contributed by atoms with Crippen molar-refractivity contribution in [2.24, 2.45) is 0 Å². The summed E-state index contributed by atoms with van der Waals surface area (Å²) in [6.45, 7) is 5.66. The normalized spacial score (nSPS) is 10.9. The fourth-order valence-corrected chi connectivity index (χ4v) is 1.96. The number of nitrogens with one attached hydrogen (secondary N) is 1. The van der Waals surface area contributed by atoms with E-state index in [0.717, 1.165) is 30.4 Å². The maximum Gasteiger partial charge on any atom is 0.200 e. The van der Waals surface area contributed by atoms with E-state index in [0.29, 0.717) is 12.3 Å². The van der Waals surface area contributed by atoms with Crippen LogP contribution in [0, 0.1) is 18.6 Å². The molecule has 0 spiro atoms. The predicted molar refractivity (Wildman–Crippen MR) is 76.1 cm³/mol. The molecule has 2 aromatic rings. The highest BCUT2D eigenvalue weighted by molar-refractivity contribution is 5.26. The number of hydrogen-bond donors (Lipinski definition) is 1. The van der Waals surface area contributed by atoms with Crippen LogP contribution in [-0.4, -0.2) is 6.54 Å². The van der Waals surface area contributed by atoms with Gasteiger partial charge in [-0.15, -0.1) is 0 Å². The third kappa shape index (κ3) is 4.04. The Bertz CT molecular complexity index is 596. The summed E-state index contributed by atoms with van der Waals surface area (Å²) in [4.78, 5) is 0. The molecule has 3 nitrogen and oxygen atoms in total. The van der Waals surface area contributed by atoms with E-state index < -0.39 is 11.6 Å². The number of rotatable bonds is 7. The zero-order chi connectivity index (χ0) is 15.2. The molecular formula is C16H19F2NO2. The molecule has 0 aliphatic heterocycles. The second-order valence-corrected chi connectivity index (χ2v) is 4.84. The van der Waals surface area contributed by atoms with E-state index in [1.54, 1.807) is 0 Å². The highest BCUT2D eigenvalue weighted by atomic mass is 19.2. The van der Waals surface area contributed by atoms with Gasteiger partial charge in [0.2, 0.25) is 5.82 Å². The Morgan fingerprint density at radius 3 is 2.86 bits per heavy atom. The minimum atomic E-state index is -0.981. The van der Waals surface area contributed by atoms with Gasteiger partial charge >= 0.3 is 0 Å².